The normalized spacial score (nSPS) is 24.4. The average Bonchev–Trinajstić information content (AvgIpc) is 2.48. The van der Waals surface area contributed by atoms with Crippen LogP contribution in [0, 0.1) is 22.7 Å². The number of carbonyl (C=O) groups excluding carboxylic acids is 1. The molecule has 0 unspecified atom stereocenters. The Hall–Kier alpha value is -1.86. The molecule has 1 fully saturated rings. The smallest absolute Gasteiger partial charge is 0.323 e. The van der Waals surface area contributed by atoms with Crippen LogP contribution in [0.2, 0.25) is 0 Å². The number of esters is 1. The second-order valence-corrected chi connectivity index (χ2v) is 6.87. The van der Waals surface area contributed by atoms with Gasteiger partial charge < -0.3 is 9.47 Å². The van der Waals surface area contributed by atoms with E-state index in [1.807, 2.05) is 44.2 Å². The van der Waals surface area contributed by atoms with E-state index in [2.05, 4.69) is 6.07 Å². The molecule has 0 N–H and O–H groups in total. The lowest BCUT2D eigenvalue weighted by Gasteiger charge is -2.46. The molecule has 0 radical (unpaired) electrons. The molecule has 0 bridgehead atoms. The van der Waals surface area contributed by atoms with Crippen LogP contribution in [0.1, 0.15) is 39.2 Å². The molecule has 1 aromatic rings. The van der Waals surface area contributed by atoms with Crippen molar-refractivity contribution in [3.05, 3.63) is 35.9 Å². The Bertz CT molecular complexity index is 576. The number of hydrogen-bond acceptors (Lipinski definition) is 4. The van der Waals surface area contributed by atoms with Crippen LogP contribution in [0.4, 0.5) is 0 Å². The van der Waals surface area contributed by atoms with Gasteiger partial charge >= 0.3 is 5.97 Å². The van der Waals surface area contributed by atoms with E-state index in [-0.39, 0.29) is 5.60 Å². The number of nitriles is 1. The SMILES string of the molecule is CCOC(=O)[C@@H](C#N)[C@@]1(Cc2ccccc2)CCOC(C)(C)C1. The van der Waals surface area contributed by atoms with Gasteiger partial charge in [-0.25, -0.2) is 0 Å². The largest absolute Gasteiger partial charge is 0.465 e. The van der Waals surface area contributed by atoms with Crippen molar-refractivity contribution in [2.75, 3.05) is 13.2 Å². The lowest BCUT2D eigenvalue weighted by Crippen LogP contribution is -2.48. The molecule has 0 saturated carbocycles. The predicted molar refractivity (Wildman–Crippen MR) is 87.6 cm³/mol. The third-order valence-corrected chi connectivity index (χ3v) is 4.53. The fourth-order valence-corrected chi connectivity index (χ4v) is 3.68. The molecule has 0 aromatic heterocycles. The van der Waals surface area contributed by atoms with E-state index in [9.17, 15) is 10.1 Å². The van der Waals surface area contributed by atoms with Gasteiger partial charge in [0.25, 0.3) is 0 Å². The van der Waals surface area contributed by atoms with Crippen molar-refractivity contribution in [2.45, 2.75) is 45.6 Å². The lowest BCUT2D eigenvalue weighted by atomic mass is 9.63. The van der Waals surface area contributed by atoms with Gasteiger partial charge in [-0.1, -0.05) is 30.3 Å². The number of benzene rings is 1. The Morgan fingerprint density at radius 2 is 2.09 bits per heavy atom. The molecule has 0 spiro atoms. The number of ether oxygens (including phenoxy) is 2. The topological polar surface area (TPSA) is 59.3 Å². The Morgan fingerprint density at radius 1 is 1.39 bits per heavy atom. The van der Waals surface area contributed by atoms with Crippen LogP contribution in [-0.4, -0.2) is 24.8 Å². The fraction of sp³-hybridized carbons (Fsp3) is 0.579. The van der Waals surface area contributed by atoms with Gasteiger partial charge in [0, 0.05) is 12.0 Å². The number of nitrogens with zero attached hydrogens (tertiary/aromatic N) is 1. The van der Waals surface area contributed by atoms with Gasteiger partial charge in [0.15, 0.2) is 0 Å². The van der Waals surface area contributed by atoms with Gasteiger partial charge in [-0.05, 0) is 45.6 Å². The molecular formula is C19H25NO3. The Morgan fingerprint density at radius 3 is 2.65 bits per heavy atom. The highest BCUT2D eigenvalue weighted by Crippen LogP contribution is 2.47. The highest BCUT2D eigenvalue weighted by Gasteiger charge is 2.49. The van der Waals surface area contributed by atoms with Gasteiger partial charge in [0.05, 0.1) is 18.3 Å². The summed E-state index contributed by atoms with van der Waals surface area (Å²) in [4.78, 5) is 12.4. The number of carbonyl (C=O) groups is 1. The molecule has 0 aliphatic carbocycles. The summed E-state index contributed by atoms with van der Waals surface area (Å²) in [5.74, 6) is -1.19. The monoisotopic (exact) mass is 315 g/mol. The first kappa shape index (κ1) is 17.5. The van der Waals surface area contributed by atoms with Crippen molar-refractivity contribution in [2.24, 2.45) is 11.3 Å². The van der Waals surface area contributed by atoms with E-state index in [0.717, 1.165) is 5.56 Å². The molecule has 4 heteroatoms. The van der Waals surface area contributed by atoms with E-state index in [4.69, 9.17) is 9.47 Å². The maximum atomic E-state index is 12.4. The van der Waals surface area contributed by atoms with Crippen LogP contribution in [0.3, 0.4) is 0 Å². The van der Waals surface area contributed by atoms with Crippen LogP contribution in [0.15, 0.2) is 30.3 Å². The molecule has 2 rings (SSSR count). The highest BCUT2D eigenvalue weighted by molar-refractivity contribution is 5.76. The van der Waals surface area contributed by atoms with E-state index in [0.29, 0.717) is 32.5 Å². The molecule has 23 heavy (non-hydrogen) atoms. The Labute approximate surface area is 138 Å². The first-order valence-electron chi connectivity index (χ1n) is 8.16. The average molecular weight is 315 g/mol. The van der Waals surface area contributed by atoms with Gasteiger partial charge in [-0.15, -0.1) is 0 Å². The van der Waals surface area contributed by atoms with Crippen molar-refractivity contribution >= 4 is 5.97 Å². The van der Waals surface area contributed by atoms with Gasteiger partial charge in [0.2, 0.25) is 0 Å². The molecule has 1 aliphatic rings. The van der Waals surface area contributed by atoms with Crippen LogP contribution in [0.25, 0.3) is 0 Å². The molecule has 1 saturated heterocycles. The minimum absolute atomic E-state index is 0.290. The van der Waals surface area contributed by atoms with E-state index < -0.39 is 17.3 Å². The third-order valence-electron chi connectivity index (χ3n) is 4.53. The fourth-order valence-electron chi connectivity index (χ4n) is 3.68. The first-order valence-corrected chi connectivity index (χ1v) is 8.16. The maximum absolute atomic E-state index is 12.4. The summed E-state index contributed by atoms with van der Waals surface area (Å²) >= 11 is 0. The standard InChI is InChI=1S/C19H25NO3/c1-4-22-17(21)16(13-20)19(10-11-23-18(2,3)14-19)12-15-8-6-5-7-9-15/h5-9,16H,4,10-12,14H2,1-3H3/t16-,19-/m1/s1. The molecule has 124 valence electrons. The highest BCUT2D eigenvalue weighted by atomic mass is 16.5. The zero-order chi connectivity index (χ0) is 16.9. The molecule has 1 heterocycles. The summed E-state index contributed by atoms with van der Waals surface area (Å²) < 4.78 is 11.0. The van der Waals surface area contributed by atoms with E-state index >= 15 is 0 Å². The third kappa shape index (κ3) is 4.11. The molecular weight excluding hydrogens is 290 g/mol. The molecule has 4 nitrogen and oxygen atoms in total. The zero-order valence-corrected chi connectivity index (χ0v) is 14.2. The summed E-state index contributed by atoms with van der Waals surface area (Å²) in [7, 11) is 0. The summed E-state index contributed by atoms with van der Waals surface area (Å²) in [6, 6.07) is 12.3. The molecule has 1 aromatic carbocycles. The maximum Gasteiger partial charge on any atom is 0.323 e. The van der Waals surface area contributed by atoms with Gasteiger partial charge in [-0.3, -0.25) is 4.79 Å². The molecule has 1 aliphatic heterocycles. The minimum atomic E-state index is -0.772. The first-order chi connectivity index (χ1) is 10.9. The van der Waals surface area contributed by atoms with Crippen molar-refractivity contribution in [3.63, 3.8) is 0 Å². The van der Waals surface area contributed by atoms with Crippen LogP contribution in [0.5, 0.6) is 0 Å². The van der Waals surface area contributed by atoms with Crippen molar-refractivity contribution in [3.8, 4) is 6.07 Å². The quantitative estimate of drug-likeness (QED) is 0.780. The van der Waals surface area contributed by atoms with E-state index in [1.54, 1.807) is 6.92 Å². The zero-order valence-electron chi connectivity index (χ0n) is 14.2. The van der Waals surface area contributed by atoms with Crippen molar-refractivity contribution < 1.29 is 14.3 Å². The van der Waals surface area contributed by atoms with Crippen LogP contribution >= 0.6 is 0 Å². The summed E-state index contributed by atoms with van der Waals surface area (Å²) in [6.07, 6.45) is 2.02. The number of rotatable bonds is 5. The lowest BCUT2D eigenvalue weighted by molar-refractivity contribution is -0.160. The summed E-state index contributed by atoms with van der Waals surface area (Å²) in [5, 5.41) is 9.70. The van der Waals surface area contributed by atoms with Gasteiger partial charge in [-0.2, -0.15) is 5.26 Å². The van der Waals surface area contributed by atoms with Crippen molar-refractivity contribution in [1.29, 1.82) is 5.26 Å². The Kier molecular flexibility index (Phi) is 5.43. The van der Waals surface area contributed by atoms with E-state index in [1.165, 1.54) is 0 Å². The summed E-state index contributed by atoms with van der Waals surface area (Å²) in [5.41, 5.74) is 0.327. The summed E-state index contributed by atoms with van der Waals surface area (Å²) in [6.45, 7) is 6.65. The van der Waals surface area contributed by atoms with Crippen molar-refractivity contribution in [1.82, 2.24) is 0 Å². The Balaban J connectivity index is 2.38. The second kappa shape index (κ2) is 7.14. The number of hydrogen-bond donors (Lipinski definition) is 0. The molecule has 0 amide bonds. The predicted octanol–water partition coefficient (Wildman–Crippen LogP) is 3.51. The second-order valence-electron chi connectivity index (χ2n) is 6.87. The van der Waals surface area contributed by atoms with Gasteiger partial charge in [0.1, 0.15) is 5.92 Å². The van der Waals surface area contributed by atoms with Crippen LogP contribution < -0.4 is 0 Å². The molecule has 2 atom stereocenters. The minimum Gasteiger partial charge on any atom is -0.465 e. The van der Waals surface area contributed by atoms with Crippen LogP contribution in [-0.2, 0) is 20.7 Å².